The van der Waals surface area contributed by atoms with Crippen LogP contribution in [0.15, 0.2) is 291 Å². The van der Waals surface area contributed by atoms with Crippen LogP contribution in [0, 0.1) is 35.5 Å². The molecule has 14 aliphatic rings. The van der Waals surface area contributed by atoms with E-state index in [0.29, 0.717) is 35.5 Å². The molecule has 0 N–H and O–H groups in total. The molecule has 6 heterocycles. The van der Waals surface area contributed by atoms with Crippen LogP contribution in [-0.4, -0.2) is 31.2 Å². The molecule has 528 valence electrons. The fourth-order valence-corrected chi connectivity index (χ4v) is 24.7. The van der Waals surface area contributed by atoms with Gasteiger partial charge in [-0.15, -0.1) is 0 Å². The molecule has 110 heavy (non-hydrogen) atoms. The first-order chi connectivity index (χ1) is 54.3. The molecule has 8 saturated carbocycles. The van der Waals surface area contributed by atoms with Gasteiger partial charge in [-0.3, -0.25) is 0 Å². The van der Waals surface area contributed by atoms with Crippen molar-refractivity contribution in [3.05, 3.63) is 291 Å². The maximum Gasteiger partial charge on any atom is 0.260 e. The largest absolute Gasteiger partial charge is 0.458 e. The number of rotatable bonds is 11. The van der Waals surface area contributed by atoms with Gasteiger partial charge < -0.3 is 43.4 Å². The average molecular weight is 1420 g/mol. The van der Waals surface area contributed by atoms with Crippen LogP contribution in [0.25, 0.3) is 0 Å². The van der Waals surface area contributed by atoms with Gasteiger partial charge in [0.25, 0.3) is 20.1 Å². The number of ether oxygens (including phenoxy) is 4. The maximum atomic E-state index is 7.91. The van der Waals surface area contributed by atoms with Gasteiger partial charge in [0.2, 0.25) is 0 Å². The Morgan fingerprint density at radius 1 is 0.227 bits per heavy atom. The summed E-state index contributed by atoms with van der Waals surface area (Å²) < 4.78 is 30.4. The van der Waals surface area contributed by atoms with Crippen molar-refractivity contribution in [1.29, 1.82) is 0 Å². The van der Waals surface area contributed by atoms with Gasteiger partial charge in [-0.1, -0.05) is 158 Å². The third-order valence-corrected chi connectivity index (χ3v) is 27.9. The Bertz CT molecular complexity index is 5460. The summed E-state index contributed by atoms with van der Waals surface area (Å²) in [5, 5.41) is 0. The predicted molar refractivity (Wildman–Crippen MR) is 449 cm³/mol. The minimum absolute atomic E-state index is 0.152. The fourth-order valence-electron chi connectivity index (χ4n) is 24.7. The van der Waals surface area contributed by atoms with Gasteiger partial charge in [-0.05, 0) is 248 Å². The summed E-state index contributed by atoms with van der Waals surface area (Å²) in [4.78, 5) is 13.3. The van der Waals surface area contributed by atoms with Crippen molar-refractivity contribution in [1.82, 2.24) is 0 Å². The van der Waals surface area contributed by atoms with Crippen molar-refractivity contribution in [2.24, 2.45) is 35.5 Å². The van der Waals surface area contributed by atoms with E-state index in [9.17, 15) is 0 Å². The first-order valence-electron chi connectivity index (χ1n) is 40.4. The summed E-state index contributed by atoms with van der Waals surface area (Å²) in [6, 6.07) is 108. The van der Waals surface area contributed by atoms with Crippen LogP contribution in [-0.2, 0) is 0 Å². The fraction of sp³-hybridized carbons (Fsp3) is 0.204. The molecule has 13 aromatic carbocycles. The van der Waals surface area contributed by atoms with Crippen LogP contribution in [0.4, 0.5) is 73.9 Å². The molecule has 0 unspecified atom stereocenters. The van der Waals surface area contributed by atoms with E-state index in [1.807, 2.05) is 0 Å². The molecule has 0 aromatic heterocycles. The van der Waals surface area contributed by atoms with Crippen LogP contribution in [0.3, 0.4) is 0 Å². The molecule has 0 amide bonds. The van der Waals surface area contributed by atoms with Crippen LogP contribution in [0.5, 0.6) is 46.0 Å². The molecular weight excluding hydrogens is 1340 g/mol. The van der Waals surface area contributed by atoms with E-state index in [-0.39, 0.29) is 31.2 Å². The molecule has 0 spiro atoms. The topological polar surface area (TPSA) is 53.1 Å². The number of para-hydroxylation sites is 8. The van der Waals surface area contributed by atoms with Crippen molar-refractivity contribution in [2.45, 2.75) is 88.1 Å². The Hall–Kier alpha value is -11.7. The smallest absolute Gasteiger partial charge is 0.260 e. The van der Waals surface area contributed by atoms with Crippen molar-refractivity contribution in [3.63, 3.8) is 0 Å². The standard InChI is InChI=1S/C98H78B3N5O4/c1-7-23-67(24-8-1)102(68-25-9-2-10-26-68)73-45-84-94-85(46-73)106(98-58-64-42-65(59-98)44-66(43-64)60-98)83-54-89-81(100-77-36-20-22-38-87(77)108-91-48-75(50-93(110-89)96(91)100)104(71-31-15-5-16-32-71)72-33-17-6-18-34-72)52-79(83)101(94)78-51-80-88(53-82(78)105(84)97-55-61-39-62(56-97)41-63(40-61)57-97)109-92-49-74(47-90-95(92)99(80)76-35-19-21-37-86(76)107-90)103(69-27-11-3-12-28-69)70-29-13-4-14-30-70/h1-38,45-54,61-66H,39-44,55-60H2. The lowest BCUT2D eigenvalue weighted by molar-refractivity contribution is 0.000355. The molecule has 8 bridgehead atoms. The highest BCUT2D eigenvalue weighted by molar-refractivity contribution is 7.03. The molecule has 12 heteroatoms. The second-order valence-corrected chi connectivity index (χ2v) is 34.3. The number of nitrogens with zero attached hydrogens (tertiary/aromatic N) is 5. The molecule has 9 nitrogen and oxygen atoms in total. The summed E-state index contributed by atoms with van der Waals surface area (Å²) in [5.74, 6) is 10.8. The Balaban J connectivity index is 0.774. The summed E-state index contributed by atoms with van der Waals surface area (Å²) >= 11 is 0. The SMILES string of the molecule is c1ccc(N(c2ccccc2)c2cc3c4c(c2)Oc2cc5c(cc2B4c2ccccc2O3)B2c3cc4c(cc3N(C36CC7CC(CC(C7)C3)C6)c3cc(N(c6ccccc6)c6ccccc6)cc(c32)N5C23CC5CC(CC(C5)C2)C3)Oc2cc(N(c3ccccc3)c3ccccc3)cc3c2B4c2ccccc2O3)cc1. The van der Waals surface area contributed by atoms with E-state index < -0.39 is 0 Å². The molecule has 8 fully saturated rings. The molecule has 0 radical (unpaired) electrons. The van der Waals surface area contributed by atoms with E-state index in [2.05, 4.69) is 316 Å². The molecule has 0 saturated heterocycles. The molecule has 0 atom stereocenters. The zero-order chi connectivity index (χ0) is 71.7. The van der Waals surface area contributed by atoms with Gasteiger partial charge in [0.1, 0.15) is 46.0 Å². The zero-order valence-electron chi connectivity index (χ0n) is 61.3. The Kier molecular flexibility index (Phi) is 13.2. The summed E-state index contributed by atoms with van der Waals surface area (Å²) in [6.07, 6.45) is 15.0. The molecule has 13 aromatic rings. The second-order valence-electron chi connectivity index (χ2n) is 34.3. The van der Waals surface area contributed by atoms with Crippen molar-refractivity contribution >= 4 is 143 Å². The van der Waals surface area contributed by atoms with Crippen LogP contribution < -0.4 is 92.6 Å². The summed E-state index contributed by atoms with van der Waals surface area (Å²) in [7, 11) is 0. The molecule has 6 aliphatic heterocycles. The van der Waals surface area contributed by atoms with Crippen molar-refractivity contribution in [3.8, 4) is 46.0 Å². The van der Waals surface area contributed by atoms with Gasteiger partial charge in [0, 0.05) is 115 Å². The number of benzene rings is 13. The van der Waals surface area contributed by atoms with Gasteiger partial charge in [-0.25, -0.2) is 0 Å². The highest BCUT2D eigenvalue weighted by Gasteiger charge is 2.61. The number of fused-ring (bicyclic) bond motifs is 12. The van der Waals surface area contributed by atoms with Gasteiger partial charge in [0.15, 0.2) is 0 Å². The number of hydrogen-bond donors (Lipinski definition) is 0. The highest BCUT2D eigenvalue weighted by atomic mass is 16.5. The average Bonchev–Trinajstić information content (AvgIpc) is 0.669. The van der Waals surface area contributed by atoms with E-state index in [1.165, 1.54) is 133 Å². The van der Waals surface area contributed by atoms with E-state index in [4.69, 9.17) is 18.9 Å². The van der Waals surface area contributed by atoms with E-state index in [1.54, 1.807) is 0 Å². The second kappa shape index (κ2) is 23.4. The molecule has 8 aliphatic carbocycles. The quantitative estimate of drug-likeness (QED) is 0.118. The van der Waals surface area contributed by atoms with E-state index >= 15 is 0 Å². The lowest BCUT2D eigenvalue weighted by Gasteiger charge is -2.64. The third kappa shape index (κ3) is 9.19. The Labute approximate surface area is 643 Å². The van der Waals surface area contributed by atoms with Crippen LogP contribution in [0.1, 0.15) is 77.0 Å². The molecular formula is C98H78B3N5O4. The normalized spacial score (nSPS) is 23.1. The zero-order valence-corrected chi connectivity index (χ0v) is 61.3. The summed E-state index contributed by atoms with van der Waals surface area (Å²) in [6.45, 7) is -0.601. The highest BCUT2D eigenvalue weighted by Crippen LogP contribution is 2.64. The van der Waals surface area contributed by atoms with E-state index in [0.717, 1.165) is 113 Å². The van der Waals surface area contributed by atoms with Crippen LogP contribution in [0.2, 0.25) is 0 Å². The van der Waals surface area contributed by atoms with Gasteiger partial charge in [-0.2, -0.15) is 0 Å². The first-order valence-corrected chi connectivity index (χ1v) is 40.4. The lowest BCUT2D eigenvalue weighted by Crippen LogP contribution is -2.71. The lowest BCUT2D eigenvalue weighted by atomic mass is 9.29. The number of hydrogen-bond acceptors (Lipinski definition) is 9. The maximum absolute atomic E-state index is 7.91. The van der Waals surface area contributed by atoms with Gasteiger partial charge >= 0.3 is 0 Å². The Morgan fingerprint density at radius 2 is 0.491 bits per heavy atom. The predicted octanol–water partition coefficient (Wildman–Crippen LogP) is 18.9. The molecule has 27 rings (SSSR count). The van der Waals surface area contributed by atoms with Crippen molar-refractivity contribution < 1.29 is 18.9 Å². The minimum Gasteiger partial charge on any atom is -0.458 e. The first kappa shape index (κ1) is 62.2. The van der Waals surface area contributed by atoms with Crippen LogP contribution >= 0.6 is 0 Å². The van der Waals surface area contributed by atoms with Crippen molar-refractivity contribution in [2.75, 3.05) is 24.5 Å². The monoisotopic (exact) mass is 1420 g/mol. The number of anilines is 13. The minimum atomic E-state index is -0.209. The third-order valence-electron chi connectivity index (χ3n) is 27.9. The summed E-state index contributed by atoms with van der Waals surface area (Å²) in [5.41, 5.74) is 25.5. The van der Waals surface area contributed by atoms with Gasteiger partial charge in [0.05, 0.1) is 17.1 Å². The Morgan fingerprint density at radius 3 is 0.800 bits per heavy atom.